The molecule has 1 aromatic carbocycles. The Labute approximate surface area is 68.0 Å². The zero-order valence-electron chi connectivity index (χ0n) is 6.37. The first-order valence-electron chi connectivity index (χ1n) is 3.22. The summed E-state index contributed by atoms with van der Waals surface area (Å²) in [5.41, 5.74) is 5.51. The molecule has 0 aliphatic carbocycles. The molecule has 0 aliphatic rings. The molecular weight excluding hydrogens is 163 g/mol. The second kappa shape index (κ2) is 2.77. The molecule has 4 nitrogen and oxygen atoms in total. The number of rotatable bonds is 1. The fraction of sp³-hybridized carbons (Fsp3) is 0.143. The summed E-state index contributed by atoms with van der Waals surface area (Å²) in [4.78, 5) is 9.43. The van der Waals surface area contributed by atoms with E-state index in [1.54, 1.807) is 6.92 Å². The summed E-state index contributed by atoms with van der Waals surface area (Å²) in [6.07, 6.45) is 0. The maximum Gasteiger partial charge on any atom is 0.305 e. The summed E-state index contributed by atoms with van der Waals surface area (Å²) in [6, 6.07) is 2.07. The van der Waals surface area contributed by atoms with Crippen LogP contribution in [0.15, 0.2) is 12.1 Å². The highest BCUT2D eigenvalue weighted by molar-refractivity contribution is 5.52. The lowest BCUT2D eigenvalue weighted by molar-refractivity contribution is -0.387. The molecule has 1 aromatic rings. The molecule has 0 unspecified atom stereocenters. The van der Waals surface area contributed by atoms with E-state index in [-0.39, 0.29) is 5.69 Å². The van der Waals surface area contributed by atoms with E-state index in [4.69, 9.17) is 5.73 Å². The molecule has 0 aromatic heterocycles. The average molecular weight is 170 g/mol. The lowest BCUT2D eigenvalue weighted by Gasteiger charge is -1.99. The van der Waals surface area contributed by atoms with Gasteiger partial charge < -0.3 is 5.73 Å². The van der Waals surface area contributed by atoms with Crippen molar-refractivity contribution in [2.45, 2.75) is 6.92 Å². The molecule has 12 heavy (non-hydrogen) atoms. The first-order valence-corrected chi connectivity index (χ1v) is 3.22. The van der Waals surface area contributed by atoms with Crippen LogP contribution < -0.4 is 5.73 Å². The van der Waals surface area contributed by atoms with Gasteiger partial charge in [-0.3, -0.25) is 10.1 Å². The third-order valence-electron chi connectivity index (χ3n) is 1.53. The number of nitro benzene ring substituents is 1. The number of halogens is 1. The van der Waals surface area contributed by atoms with E-state index >= 15 is 0 Å². The first-order chi connectivity index (χ1) is 5.52. The monoisotopic (exact) mass is 170 g/mol. The Morgan fingerprint density at radius 2 is 2.17 bits per heavy atom. The second-order valence-electron chi connectivity index (χ2n) is 2.42. The molecule has 0 spiro atoms. The number of hydrogen-bond acceptors (Lipinski definition) is 3. The third-order valence-corrected chi connectivity index (χ3v) is 1.53. The van der Waals surface area contributed by atoms with Crippen LogP contribution in [0.3, 0.4) is 0 Å². The highest BCUT2D eigenvalue weighted by Crippen LogP contribution is 2.22. The van der Waals surface area contributed by atoms with Gasteiger partial charge in [0.15, 0.2) is 0 Å². The van der Waals surface area contributed by atoms with E-state index in [2.05, 4.69) is 0 Å². The minimum absolute atomic E-state index is 0.220. The van der Waals surface area contributed by atoms with Gasteiger partial charge >= 0.3 is 5.69 Å². The molecule has 0 amide bonds. The van der Waals surface area contributed by atoms with Crippen LogP contribution in [-0.4, -0.2) is 4.92 Å². The van der Waals surface area contributed by atoms with E-state index in [0.29, 0.717) is 5.56 Å². The van der Waals surface area contributed by atoms with Gasteiger partial charge in [0.1, 0.15) is 0 Å². The quantitative estimate of drug-likeness (QED) is 0.395. The molecule has 0 radical (unpaired) electrons. The lowest BCUT2D eigenvalue weighted by Crippen LogP contribution is -1.97. The smallest absolute Gasteiger partial charge is 0.305 e. The van der Waals surface area contributed by atoms with Crippen molar-refractivity contribution in [1.29, 1.82) is 0 Å². The topological polar surface area (TPSA) is 69.2 Å². The highest BCUT2D eigenvalue weighted by Gasteiger charge is 2.14. The molecule has 64 valence electrons. The molecule has 5 heteroatoms. The van der Waals surface area contributed by atoms with Gasteiger partial charge in [0.2, 0.25) is 5.82 Å². The van der Waals surface area contributed by atoms with E-state index in [1.807, 2.05) is 0 Å². The summed E-state index contributed by atoms with van der Waals surface area (Å²) >= 11 is 0. The van der Waals surface area contributed by atoms with Crippen molar-refractivity contribution in [3.63, 3.8) is 0 Å². The van der Waals surface area contributed by atoms with Gasteiger partial charge in [-0.2, -0.15) is 4.39 Å². The van der Waals surface area contributed by atoms with E-state index in [1.165, 1.54) is 0 Å². The summed E-state index contributed by atoms with van der Waals surface area (Å²) in [7, 11) is 0. The van der Waals surface area contributed by atoms with Gasteiger partial charge in [-0.15, -0.1) is 0 Å². The molecule has 2 N–H and O–H groups in total. The van der Waals surface area contributed by atoms with Gasteiger partial charge in [-0.25, -0.2) is 0 Å². The van der Waals surface area contributed by atoms with Crippen LogP contribution in [0.1, 0.15) is 5.56 Å². The highest BCUT2D eigenvalue weighted by atomic mass is 19.1. The van der Waals surface area contributed by atoms with Crippen LogP contribution >= 0.6 is 0 Å². The minimum Gasteiger partial charge on any atom is -0.398 e. The van der Waals surface area contributed by atoms with Crippen LogP contribution in [0, 0.1) is 22.9 Å². The zero-order chi connectivity index (χ0) is 9.30. The second-order valence-corrected chi connectivity index (χ2v) is 2.42. The summed E-state index contributed by atoms with van der Waals surface area (Å²) in [6.45, 7) is 1.59. The van der Waals surface area contributed by atoms with Crippen LogP contribution in [0.2, 0.25) is 0 Å². The predicted molar refractivity (Wildman–Crippen MR) is 42.2 cm³/mol. The Morgan fingerprint density at radius 3 is 2.67 bits per heavy atom. The van der Waals surface area contributed by atoms with E-state index in [0.717, 1.165) is 12.1 Å². The summed E-state index contributed by atoms with van der Waals surface area (Å²) in [5, 5.41) is 10.2. The molecule has 1 rings (SSSR count). The number of nitrogens with zero attached hydrogens (tertiary/aromatic N) is 1. The predicted octanol–water partition coefficient (Wildman–Crippen LogP) is 1.62. The fourth-order valence-corrected chi connectivity index (χ4v) is 0.822. The largest absolute Gasteiger partial charge is 0.398 e. The number of nitro groups is 1. The van der Waals surface area contributed by atoms with Crippen LogP contribution in [0.25, 0.3) is 0 Å². The van der Waals surface area contributed by atoms with Crippen molar-refractivity contribution in [3.05, 3.63) is 33.6 Å². The number of hydrogen-bond donors (Lipinski definition) is 1. The number of aryl methyl sites for hydroxylation is 1. The zero-order valence-corrected chi connectivity index (χ0v) is 6.37. The van der Waals surface area contributed by atoms with Gasteiger partial charge in [0, 0.05) is 17.8 Å². The van der Waals surface area contributed by atoms with Crippen molar-refractivity contribution in [2.24, 2.45) is 0 Å². The number of nitrogen functional groups attached to an aromatic ring is 1. The Morgan fingerprint density at radius 1 is 1.58 bits per heavy atom. The maximum absolute atomic E-state index is 12.8. The molecule has 0 aliphatic heterocycles. The van der Waals surface area contributed by atoms with Crippen molar-refractivity contribution in [2.75, 3.05) is 5.73 Å². The van der Waals surface area contributed by atoms with Gasteiger partial charge in [-0.1, -0.05) is 0 Å². The minimum atomic E-state index is -0.900. The van der Waals surface area contributed by atoms with Gasteiger partial charge in [0.05, 0.1) is 4.92 Å². The first kappa shape index (κ1) is 8.45. The Hall–Kier alpha value is -1.65. The van der Waals surface area contributed by atoms with Crippen LogP contribution in [0.4, 0.5) is 15.8 Å². The average Bonchev–Trinajstić information content (AvgIpc) is 1.96. The Balaban J connectivity index is 3.33. The third kappa shape index (κ3) is 1.34. The summed E-state index contributed by atoms with van der Waals surface area (Å²) in [5.74, 6) is -0.900. The Bertz CT molecular complexity index is 338. The van der Waals surface area contributed by atoms with Crippen molar-refractivity contribution in [1.82, 2.24) is 0 Å². The van der Waals surface area contributed by atoms with E-state index in [9.17, 15) is 14.5 Å². The molecule has 0 saturated heterocycles. The molecule has 0 heterocycles. The van der Waals surface area contributed by atoms with Crippen molar-refractivity contribution in [3.8, 4) is 0 Å². The molecule has 0 fully saturated rings. The molecule has 0 atom stereocenters. The number of benzene rings is 1. The lowest BCUT2D eigenvalue weighted by atomic mass is 10.2. The normalized spacial score (nSPS) is 9.83. The summed E-state index contributed by atoms with van der Waals surface area (Å²) < 4.78 is 12.8. The maximum atomic E-state index is 12.8. The molecule has 0 bridgehead atoms. The van der Waals surface area contributed by atoms with Gasteiger partial charge in [-0.05, 0) is 12.5 Å². The molecule has 0 saturated carbocycles. The van der Waals surface area contributed by atoms with Crippen molar-refractivity contribution < 1.29 is 9.31 Å². The number of nitrogens with two attached hydrogens (primary N) is 1. The number of anilines is 1. The molecular formula is C7H7FN2O2. The fourth-order valence-electron chi connectivity index (χ4n) is 0.822. The van der Waals surface area contributed by atoms with Gasteiger partial charge in [0.25, 0.3) is 0 Å². The van der Waals surface area contributed by atoms with Crippen LogP contribution in [-0.2, 0) is 0 Å². The SMILES string of the molecule is Cc1cc([N+](=O)[O-])c(F)cc1N. The van der Waals surface area contributed by atoms with E-state index < -0.39 is 16.4 Å². The standard InChI is InChI=1S/C7H7FN2O2/c1-4-2-7(10(11)12)5(8)3-6(4)9/h2-3H,9H2,1H3. The Kier molecular flexibility index (Phi) is 1.95. The van der Waals surface area contributed by atoms with Crippen molar-refractivity contribution >= 4 is 11.4 Å². The van der Waals surface area contributed by atoms with Crippen LogP contribution in [0.5, 0.6) is 0 Å².